The minimum atomic E-state index is -1.83. The van der Waals surface area contributed by atoms with Gasteiger partial charge in [0.2, 0.25) is 0 Å². The molecule has 0 aromatic heterocycles. The summed E-state index contributed by atoms with van der Waals surface area (Å²) in [4.78, 5) is 10.9. The summed E-state index contributed by atoms with van der Waals surface area (Å²) in [5, 5.41) is 13.9. The third-order valence-corrected chi connectivity index (χ3v) is 3.21. The molecule has 0 spiro atoms. The minimum absolute atomic E-state index is 0.557. The smallest absolute Gasteiger partial charge is 0.450 e. The van der Waals surface area contributed by atoms with Gasteiger partial charge in [0.05, 0.1) is 0 Å². The van der Waals surface area contributed by atoms with Gasteiger partial charge in [0.15, 0.2) is 0 Å². The molecule has 1 aromatic rings. The first-order valence-electron chi connectivity index (χ1n) is 6.32. The molecule has 0 aliphatic heterocycles. The molecule has 4 heteroatoms. The lowest BCUT2D eigenvalue weighted by Gasteiger charge is -2.33. The van der Waals surface area contributed by atoms with Crippen LogP contribution in [0, 0.1) is 0 Å². The zero-order chi connectivity index (χ0) is 14.3. The van der Waals surface area contributed by atoms with Gasteiger partial charge in [-0.3, -0.25) is 0 Å². The van der Waals surface area contributed by atoms with Crippen LogP contribution in [0.15, 0.2) is 42.5 Å². The fourth-order valence-corrected chi connectivity index (χ4v) is 2.41. The van der Waals surface area contributed by atoms with Gasteiger partial charge in [-0.25, -0.2) is 4.79 Å². The van der Waals surface area contributed by atoms with E-state index in [0.717, 1.165) is 0 Å². The molecule has 2 rings (SSSR count). The number of carboxylic acid groups (broad SMARTS) is 2. The molecule has 19 heavy (non-hydrogen) atoms. The average molecular weight is 263 g/mol. The number of hydrogen-bond donors (Lipinski definition) is 2. The van der Waals surface area contributed by atoms with Gasteiger partial charge in [-0.05, 0) is 32.5 Å². The molecule has 2 atom stereocenters. The number of rotatable bonds is 2. The molecule has 0 heterocycles. The van der Waals surface area contributed by atoms with Crippen LogP contribution in [0.1, 0.15) is 24.3 Å². The number of nitrogens with zero attached hydrogens (tertiary/aromatic N) is 1. The highest BCUT2D eigenvalue weighted by Gasteiger charge is 2.24. The first kappa shape index (κ1) is 15.2. The van der Waals surface area contributed by atoms with E-state index >= 15 is 0 Å². The molecule has 0 bridgehead atoms. The van der Waals surface area contributed by atoms with Crippen molar-refractivity contribution in [2.24, 2.45) is 0 Å². The normalized spacial score (nSPS) is 21.6. The third kappa shape index (κ3) is 5.14. The molecule has 1 aromatic carbocycles. The van der Waals surface area contributed by atoms with Crippen molar-refractivity contribution in [3.63, 3.8) is 0 Å². The van der Waals surface area contributed by atoms with Gasteiger partial charge >= 0.3 is 6.16 Å². The average Bonchev–Trinajstić information content (AvgIpc) is 2.39. The summed E-state index contributed by atoms with van der Waals surface area (Å²) in [5.74, 6) is 0.659. The van der Waals surface area contributed by atoms with E-state index in [2.05, 4.69) is 61.5 Å². The third-order valence-electron chi connectivity index (χ3n) is 3.21. The first-order valence-corrected chi connectivity index (χ1v) is 6.32. The summed E-state index contributed by atoms with van der Waals surface area (Å²) in [7, 11) is 4.33. The largest absolute Gasteiger partial charge is 0.503 e. The number of likely N-dealkylation sites (N-methyl/N-ethyl adjacent to an activating group) is 1. The summed E-state index contributed by atoms with van der Waals surface area (Å²) < 4.78 is 0. The lowest BCUT2D eigenvalue weighted by molar-refractivity contribution is 0.137. The second-order valence-electron chi connectivity index (χ2n) is 4.76. The van der Waals surface area contributed by atoms with Crippen LogP contribution < -0.4 is 0 Å². The predicted molar refractivity (Wildman–Crippen MR) is 75.7 cm³/mol. The molecule has 2 N–H and O–H groups in total. The highest BCUT2D eigenvalue weighted by atomic mass is 16.6. The molecule has 1 aliphatic rings. The molecule has 2 unspecified atom stereocenters. The maximum atomic E-state index is 8.56. The van der Waals surface area contributed by atoms with Gasteiger partial charge in [0, 0.05) is 12.0 Å². The fourth-order valence-electron chi connectivity index (χ4n) is 2.41. The second kappa shape index (κ2) is 7.59. The van der Waals surface area contributed by atoms with Crippen molar-refractivity contribution >= 4 is 6.16 Å². The molecular formula is C15H21NO3. The van der Waals surface area contributed by atoms with E-state index < -0.39 is 6.16 Å². The van der Waals surface area contributed by atoms with Gasteiger partial charge in [-0.2, -0.15) is 0 Å². The number of carbonyl (C=O) groups is 1. The quantitative estimate of drug-likeness (QED) is 0.804. The van der Waals surface area contributed by atoms with Crippen molar-refractivity contribution < 1.29 is 15.0 Å². The van der Waals surface area contributed by atoms with Gasteiger partial charge in [-0.15, -0.1) is 0 Å². The Hall–Kier alpha value is -1.81. The monoisotopic (exact) mass is 263 g/mol. The first-order chi connectivity index (χ1) is 9.02. The SMILES string of the molecule is CN(C)C1C=CCCC1c1ccccc1.O=C(O)O. The Kier molecular flexibility index (Phi) is 6.09. The standard InChI is InChI=1S/C14H19N.CH2O3/c1-15(2)14-11-7-6-10-13(14)12-8-4-3-5-9-12;2-1(3)4/h3-5,7-9,11,13-14H,6,10H2,1-2H3;(H2,2,3,4). The van der Waals surface area contributed by atoms with E-state index in [4.69, 9.17) is 15.0 Å². The summed E-state index contributed by atoms with van der Waals surface area (Å²) in [6, 6.07) is 11.4. The van der Waals surface area contributed by atoms with E-state index in [9.17, 15) is 0 Å². The second-order valence-corrected chi connectivity index (χ2v) is 4.76. The Balaban J connectivity index is 0.000000399. The minimum Gasteiger partial charge on any atom is -0.450 e. The zero-order valence-electron chi connectivity index (χ0n) is 11.4. The van der Waals surface area contributed by atoms with E-state index in [1.54, 1.807) is 0 Å². The molecule has 0 amide bonds. The van der Waals surface area contributed by atoms with Crippen molar-refractivity contribution in [3.05, 3.63) is 48.0 Å². The summed E-state index contributed by atoms with van der Waals surface area (Å²) >= 11 is 0. The topological polar surface area (TPSA) is 60.8 Å². The van der Waals surface area contributed by atoms with E-state index in [0.29, 0.717) is 12.0 Å². The number of allylic oxidation sites excluding steroid dienone is 1. The van der Waals surface area contributed by atoms with Gasteiger partial charge < -0.3 is 15.1 Å². The Morgan fingerprint density at radius 2 is 1.79 bits per heavy atom. The molecular weight excluding hydrogens is 242 g/mol. The van der Waals surface area contributed by atoms with Crippen LogP contribution in [0.4, 0.5) is 4.79 Å². The van der Waals surface area contributed by atoms with Crippen LogP contribution in [-0.4, -0.2) is 41.4 Å². The molecule has 104 valence electrons. The fraction of sp³-hybridized carbons (Fsp3) is 0.400. The molecule has 0 saturated carbocycles. The molecule has 1 aliphatic carbocycles. The maximum Gasteiger partial charge on any atom is 0.503 e. The van der Waals surface area contributed by atoms with Crippen LogP contribution in [0.25, 0.3) is 0 Å². The molecule has 0 fully saturated rings. The summed E-state index contributed by atoms with van der Waals surface area (Å²) in [5.41, 5.74) is 1.47. The Morgan fingerprint density at radius 1 is 1.21 bits per heavy atom. The highest BCUT2D eigenvalue weighted by molar-refractivity contribution is 5.53. The van der Waals surface area contributed by atoms with Crippen LogP contribution in [-0.2, 0) is 0 Å². The van der Waals surface area contributed by atoms with Crippen molar-refractivity contribution in [2.45, 2.75) is 24.8 Å². The lowest BCUT2D eigenvalue weighted by Crippen LogP contribution is -2.33. The van der Waals surface area contributed by atoms with E-state index in [-0.39, 0.29) is 0 Å². The van der Waals surface area contributed by atoms with E-state index in [1.807, 2.05) is 0 Å². The van der Waals surface area contributed by atoms with Gasteiger partial charge in [0.25, 0.3) is 0 Å². The maximum absolute atomic E-state index is 8.56. The number of hydrogen-bond acceptors (Lipinski definition) is 2. The zero-order valence-corrected chi connectivity index (χ0v) is 11.4. The predicted octanol–water partition coefficient (Wildman–Crippen LogP) is 3.27. The Morgan fingerprint density at radius 3 is 2.32 bits per heavy atom. The van der Waals surface area contributed by atoms with Crippen LogP contribution in [0.5, 0.6) is 0 Å². The summed E-state index contributed by atoms with van der Waals surface area (Å²) in [6.45, 7) is 0. The molecule has 0 radical (unpaired) electrons. The van der Waals surface area contributed by atoms with Gasteiger partial charge in [0.1, 0.15) is 0 Å². The van der Waals surface area contributed by atoms with Crippen molar-refractivity contribution in [3.8, 4) is 0 Å². The van der Waals surface area contributed by atoms with Crippen LogP contribution in [0.2, 0.25) is 0 Å². The highest BCUT2D eigenvalue weighted by Crippen LogP contribution is 2.31. The van der Waals surface area contributed by atoms with E-state index in [1.165, 1.54) is 18.4 Å². The van der Waals surface area contributed by atoms with Gasteiger partial charge in [-0.1, -0.05) is 42.5 Å². The number of benzene rings is 1. The van der Waals surface area contributed by atoms with Crippen molar-refractivity contribution in [1.29, 1.82) is 0 Å². The van der Waals surface area contributed by atoms with Crippen LogP contribution >= 0.6 is 0 Å². The van der Waals surface area contributed by atoms with Crippen molar-refractivity contribution in [1.82, 2.24) is 4.90 Å². The summed E-state index contributed by atoms with van der Waals surface area (Å²) in [6.07, 6.45) is 5.30. The lowest BCUT2D eigenvalue weighted by atomic mass is 9.83. The molecule has 4 nitrogen and oxygen atoms in total. The van der Waals surface area contributed by atoms with Crippen LogP contribution in [0.3, 0.4) is 0 Å². The van der Waals surface area contributed by atoms with Crippen molar-refractivity contribution in [2.75, 3.05) is 14.1 Å². The Labute approximate surface area is 114 Å². The molecule has 0 saturated heterocycles. The Bertz CT molecular complexity index is 411.